The fourth-order valence-corrected chi connectivity index (χ4v) is 6.51. The van der Waals surface area contributed by atoms with Gasteiger partial charge in [0.25, 0.3) is 0 Å². The molecule has 0 aliphatic heterocycles. The van der Waals surface area contributed by atoms with Gasteiger partial charge in [-0.1, -0.05) is 36.4 Å². The molecule has 0 amide bonds. The van der Waals surface area contributed by atoms with Crippen LogP contribution in [0, 0.1) is 38.5 Å². The van der Waals surface area contributed by atoms with Crippen molar-refractivity contribution in [3.63, 3.8) is 0 Å². The average Bonchev–Trinajstić information content (AvgIpc) is 3.36. The van der Waals surface area contributed by atoms with Crippen LogP contribution >= 0.6 is 0 Å². The highest BCUT2D eigenvalue weighted by molar-refractivity contribution is 5.45. The van der Waals surface area contributed by atoms with Crippen LogP contribution in [-0.2, 0) is 0 Å². The molecule has 2 aliphatic carbocycles. The van der Waals surface area contributed by atoms with Gasteiger partial charge in [0.15, 0.2) is 0 Å². The van der Waals surface area contributed by atoms with Gasteiger partial charge in [-0.3, -0.25) is 0 Å². The lowest BCUT2D eigenvalue weighted by Crippen LogP contribution is -2.25. The molecular weight excluding hydrogens is 396 g/mol. The SMILES string of the molecule is Cc1cc(C(c2ccc(O)c(C)c2)C2C[C@H]3C[C@H](c4ccc(O)c(C)c4)[C@@H]2C3)ccc1O. The van der Waals surface area contributed by atoms with Crippen molar-refractivity contribution >= 4 is 0 Å². The van der Waals surface area contributed by atoms with Crippen LogP contribution in [0.5, 0.6) is 17.2 Å². The van der Waals surface area contributed by atoms with Crippen LogP contribution < -0.4 is 0 Å². The van der Waals surface area contributed by atoms with E-state index >= 15 is 0 Å². The molecule has 3 nitrogen and oxygen atoms in total. The molecule has 2 saturated carbocycles. The molecule has 0 heterocycles. The lowest BCUT2D eigenvalue weighted by molar-refractivity contribution is 0.269. The van der Waals surface area contributed by atoms with E-state index in [0.717, 1.165) is 22.6 Å². The third-order valence-electron chi connectivity index (χ3n) is 8.10. The first kappa shape index (κ1) is 20.9. The summed E-state index contributed by atoms with van der Waals surface area (Å²) in [6.07, 6.45) is 3.68. The lowest BCUT2D eigenvalue weighted by atomic mass is 9.68. The van der Waals surface area contributed by atoms with Crippen LogP contribution in [0.15, 0.2) is 54.6 Å². The number of aromatic hydroxyl groups is 3. The minimum Gasteiger partial charge on any atom is -0.508 e. The highest BCUT2D eigenvalue weighted by Crippen LogP contribution is 2.60. The summed E-state index contributed by atoms with van der Waals surface area (Å²) in [5.74, 6) is 3.58. The van der Waals surface area contributed by atoms with Gasteiger partial charge in [-0.15, -0.1) is 0 Å². The van der Waals surface area contributed by atoms with Crippen molar-refractivity contribution in [3.05, 3.63) is 88.0 Å². The summed E-state index contributed by atoms with van der Waals surface area (Å²) in [6, 6.07) is 18.2. The number of benzene rings is 3. The Labute approximate surface area is 190 Å². The molecule has 3 aromatic carbocycles. The van der Waals surface area contributed by atoms with Gasteiger partial charge in [0.1, 0.15) is 17.2 Å². The fraction of sp³-hybridized carbons (Fsp3) is 0.379. The van der Waals surface area contributed by atoms with Crippen molar-refractivity contribution in [2.45, 2.75) is 51.9 Å². The molecule has 2 fully saturated rings. The van der Waals surface area contributed by atoms with Crippen molar-refractivity contribution < 1.29 is 15.3 Å². The summed E-state index contributed by atoms with van der Waals surface area (Å²) in [5.41, 5.74) is 6.57. The number of fused-ring (bicyclic) bond motifs is 2. The molecule has 5 rings (SSSR count). The summed E-state index contributed by atoms with van der Waals surface area (Å²) in [6.45, 7) is 5.90. The Balaban J connectivity index is 1.57. The van der Waals surface area contributed by atoms with Gasteiger partial charge in [0.05, 0.1) is 0 Å². The zero-order valence-electron chi connectivity index (χ0n) is 19.0. The van der Waals surface area contributed by atoms with E-state index in [1.807, 2.05) is 39.0 Å². The van der Waals surface area contributed by atoms with Crippen LogP contribution in [0.1, 0.15) is 64.5 Å². The number of hydrogen-bond donors (Lipinski definition) is 3. The van der Waals surface area contributed by atoms with Gasteiger partial charge in [-0.2, -0.15) is 0 Å². The van der Waals surface area contributed by atoms with Gasteiger partial charge >= 0.3 is 0 Å². The van der Waals surface area contributed by atoms with E-state index in [4.69, 9.17) is 0 Å². The second-order valence-corrected chi connectivity index (χ2v) is 10.1. The standard InChI is InChI=1S/C29H32O3/c1-16-10-20(4-7-26(16)30)23-13-19-14-24(23)25(15-19)29(21-5-8-27(31)17(2)11-21)22-6-9-28(32)18(3)12-22/h4-12,19,23-25,29-32H,13-15H2,1-3H3/t19-,23+,24-,25?/m0/s1. The van der Waals surface area contributed by atoms with Gasteiger partial charge in [0, 0.05) is 5.92 Å². The Kier molecular flexibility index (Phi) is 5.16. The molecule has 2 bridgehead atoms. The second kappa shape index (κ2) is 7.88. The van der Waals surface area contributed by atoms with E-state index in [-0.39, 0.29) is 5.92 Å². The van der Waals surface area contributed by atoms with Crippen molar-refractivity contribution in [2.75, 3.05) is 0 Å². The van der Waals surface area contributed by atoms with Crippen LogP contribution in [-0.4, -0.2) is 15.3 Å². The quantitative estimate of drug-likeness (QED) is 0.434. The third-order valence-corrected chi connectivity index (χ3v) is 8.10. The van der Waals surface area contributed by atoms with E-state index in [1.165, 1.54) is 36.0 Å². The third kappa shape index (κ3) is 3.54. The lowest BCUT2D eigenvalue weighted by Gasteiger charge is -2.36. The number of phenolic OH excluding ortho intramolecular Hbond substituents is 3. The first-order chi connectivity index (χ1) is 15.3. The number of aryl methyl sites for hydroxylation is 3. The summed E-state index contributed by atoms with van der Waals surface area (Å²) in [7, 11) is 0. The molecule has 2 aliphatic rings. The largest absolute Gasteiger partial charge is 0.508 e. The zero-order valence-corrected chi connectivity index (χ0v) is 19.0. The molecule has 1 unspecified atom stereocenters. The fourth-order valence-electron chi connectivity index (χ4n) is 6.51. The Hall–Kier alpha value is -2.94. The average molecular weight is 429 g/mol. The van der Waals surface area contributed by atoms with Crippen molar-refractivity contribution in [3.8, 4) is 17.2 Å². The summed E-state index contributed by atoms with van der Waals surface area (Å²) >= 11 is 0. The maximum Gasteiger partial charge on any atom is 0.118 e. The van der Waals surface area contributed by atoms with Crippen molar-refractivity contribution in [1.82, 2.24) is 0 Å². The van der Waals surface area contributed by atoms with Crippen LogP contribution in [0.3, 0.4) is 0 Å². The molecule has 0 radical (unpaired) electrons. The predicted molar refractivity (Wildman–Crippen MR) is 127 cm³/mol. The van der Waals surface area contributed by atoms with Crippen molar-refractivity contribution in [1.29, 1.82) is 0 Å². The van der Waals surface area contributed by atoms with E-state index < -0.39 is 0 Å². The molecule has 4 atom stereocenters. The minimum atomic E-state index is 0.226. The Morgan fingerprint density at radius 1 is 0.656 bits per heavy atom. The van der Waals surface area contributed by atoms with Crippen LogP contribution in [0.25, 0.3) is 0 Å². The van der Waals surface area contributed by atoms with Crippen LogP contribution in [0.4, 0.5) is 0 Å². The zero-order chi connectivity index (χ0) is 22.6. The van der Waals surface area contributed by atoms with Crippen LogP contribution in [0.2, 0.25) is 0 Å². The molecule has 32 heavy (non-hydrogen) atoms. The second-order valence-electron chi connectivity index (χ2n) is 10.1. The molecule has 166 valence electrons. The molecular formula is C29H32O3. The maximum atomic E-state index is 10.1. The highest BCUT2D eigenvalue weighted by atomic mass is 16.3. The molecule has 0 aromatic heterocycles. The van der Waals surface area contributed by atoms with Gasteiger partial charge in [0.2, 0.25) is 0 Å². The van der Waals surface area contributed by atoms with Crippen molar-refractivity contribution in [2.24, 2.45) is 17.8 Å². The smallest absolute Gasteiger partial charge is 0.118 e. The molecule has 3 N–H and O–H groups in total. The summed E-state index contributed by atoms with van der Waals surface area (Å²) in [4.78, 5) is 0. The molecule has 3 aromatic rings. The predicted octanol–water partition coefficient (Wildman–Crippen LogP) is 6.69. The normalized spacial score (nSPS) is 24.4. The Morgan fingerprint density at radius 2 is 1.19 bits per heavy atom. The van der Waals surface area contributed by atoms with E-state index in [1.54, 1.807) is 0 Å². The molecule has 3 heteroatoms. The van der Waals surface area contributed by atoms with E-state index in [2.05, 4.69) is 36.4 Å². The first-order valence-electron chi connectivity index (χ1n) is 11.7. The first-order valence-corrected chi connectivity index (χ1v) is 11.7. The number of rotatable bonds is 4. The summed E-state index contributed by atoms with van der Waals surface area (Å²) < 4.78 is 0. The maximum absolute atomic E-state index is 10.1. The Bertz CT molecular complexity index is 1110. The summed E-state index contributed by atoms with van der Waals surface area (Å²) in [5, 5.41) is 30.3. The minimum absolute atomic E-state index is 0.226. The van der Waals surface area contributed by atoms with Gasteiger partial charge in [-0.25, -0.2) is 0 Å². The number of hydrogen-bond acceptors (Lipinski definition) is 3. The van der Waals surface area contributed by atoms with E-state index in [9.17, 15) is 15.3 Å². The monoisotopic (exact) mass is 428 g/mol. The molecule has 0 saturated heterocycles. The van der Waals surface area contributed by atoms with E-state index in [0.29, 0.717) is 35.0 Å². The molecule has 0 spiro atoms. The van der Waals surface area contributed by atoms with Gasteiger partial charge in [-0.05, 0) is 115 Å². The topological polar surface area (TPSA) is 60.7 Å². The highest BCUT2D eigenvalue weighted by Gasteiger charge is 2.49. The number of phenols is 3. The Morgan fingerprint density at radius 3 is 1.69 bits per heavy atom. The van der Waals surface area contributed by atoms with Gasteiger partial charge < -0.3 is 15.3 Å².